The normalized spacial score (nSPS) is 38.8. The highest BCUT2D eigenvalue weighted by atomic mass is 31.2. The van der Waals surface area contributed by atoms with Crippen molar-refractivity contribution in [2.24, 2.45) is 0 Å². The standard InChI is InChI=1S/C12H25N2O2P/c1-4-7-8-16-17(15,13-9-11(13)5-2)14-10-12(14)6-3/h11-12H,4-10H2,1-3H3/t11-,12-,13?,14?,17?/m1/s1. The second-order valence-electron chi connectivity index (χ2n) is 5.05. The van der Waals surface area contributed by atoms with Gasteiger partial charge in [0.05, 0.1) is 6.61 Å². The third-order valence-electron chi connectivity index (χ3n) is 3.72. The van der Waals surface area contributed by atoms with Crippen LogP contribution in [0.2, 0.25) is 0 Å². The van der Waals surface area contributed by atoms with E-state index in [0.717, 1.165) is 38.8 Å². The largest absolute Gasteiger partial charge is 0.346 e. The van der Waals surface area contributed by atoms with Crippen LogP contribution in [0.25, 0.3) is 0 Å². The Bertz CT molecular complexity index is 289. The molecule has 2 aliphatic heterocycles. The van der Waals surface area contributed by atoms with Crippen molar-refractivity contribution in [1.29, 1.82) is 0 Å². The lowest BCUT2D eigenvalue weighted by molar-refractivity contribution is 0.262. The van der Waals surface area contributed by atoms with Crippen molar-refractivity contribution in [2.75, 3.05) is 19.7 Å². The second kappa shape index (κ2) is 5.40. The first kappa shape index (κ1) is 13.5. The number of rotatable bonds is 8. The summed E-state index contributed by atoms with van der Waals surface area (Å²) in [5.74, 6) is 0. The molecule has 0 aromatic heterocycles. The average Bonchev–Trinajstić information content (AvgIpc) is 3.20. The molecule has 0 N–H and O–H groups in total. The van der Waals surface area contributed by atoms with Crippen LogP contribution in [-0.2, 0) is 9.09 Å². The van der Waals surface area contributed by atoms with Crippen molar-refractivity contribution in [3.8, 4) is 0 Å². The van der Waals surface area contributed by atoms with Gasteiger partial charge >= 0.3 is 7.67 Å². The summed E-state index contributed by atoms with van der Waals surface area (Å²) in [6.07, 6.45) is 4.24. The second-order valence-corrected chi connectivity index (χ2v) is 7.31. The Morgan fingerprint density at radius 2 is 1.65 bits per heavy atom. The van der Waals surface area contributed by atoms with Crippen molar-refractivity contribution < 1.29 is 9.09 Å². The minimum atomic E-state index is -2.65. The summed E-state index contributed by atoms with van der Waals surface area (Å²) < 4.78 is 22.9. The van der Waals surface area contributed by atoms with Crippen LogP contribution in [0.15, 0.2) is 0 Å². The van der Waals surface area contributed by atoms with Gasteiger partial charge in [-0.05, 0) is 19.3 Å². The zero-order chi connectivity index (χ0) is 12.5. The summed E-state index contributed by atoms with van der Waals surface area (Å²) in [6, 6.07) is 0.973. The first-order valence-electron chi connectivity index (χ1n) is 6.96. The molecular formula is C12H25N2O2P. The molecule has 0 aliphatic carbocycles. The van der Waals surface area contributed by atoms with E-state index in [4.69, 9.17) is 4.52 Å². The van der Waals surface area contributed by atoms with Crippen molar-refractivity contribution >= 4 is 7.67 Å². The molecule has 4 nitrogen and oxygen atoms in total. The smallest absolute Gasteiger partial charge is 0.306 e. The highest BCUT2D eigenvalue weighted by Gasteiger charge is 2.57. The molecule has 0 saturated carbocycles. The molecule has 4 atom stereocenters. The van der Waals surface area contributed by atoms with Gasteiger partial charge in [-0.3, -0.25) is 4.57 Å². The average molecular weight is 260 g/mol. The third-order valence-corrected chi connectivity index (χ3v) is 6.52. The molecule has 5 heteroatoms. The predicted molar refractivity (Wildman–Crippen MR) is 70.0 cm³/mol. The van der Waals surface area contributed by atoms with Crippen molar-refractivity contribution in [3.63, 3.8) is 0 Å². The van der Waals surface area contributed by atoms with Gasteiger partial charge in [0.25, 0.3) is 0 Å². The van der Waals surface area contributed by atoms with Gasteiger partial charge in [-0.15, -0.1) is 0 Å². The molecule has 2 aliphatic rings. The Balaban J connectivity index is 1.95. The predicted octanol–water partition coefficient (Wildman–Crippen LogP) is 3.10. The molecule has 100 valence electrons. The maximum absolute atomic E-state index is 13.0. The van der Waals surface area contributed by atoms with Crippen LogP contribution in [0.1, 0.15) is 46.5 Å². The van der Waals surface area contributed by atoms with E-state index in [1.165, 1.54) is 0 Å². The summed E-state index contributed by atoms with van der Waals surface area (Å²) in [5, 5.41) is 0. The lowest BCUT2D eigenvalue weighted by Crippen LogP contribution is -2.12. The lowest BCUT2D eigenvalue weighted by Gasteiger charge is -2.21. The molecule has 0 aromatic rings. The van der Waals surface area contributed by atoms with Gasteiger partial charge < -0.3 is 4.52 Å². The van der Waals surface area contributed by atoms with E-state index in [-0.39, 0.29) is 0 Å². The zero-order valence-electron chi connectivity index (χ0n) is 11.3. The van der Waals surface area contributed by atoms with Gasteiger partial charge in [0.15, 0.2) is 0 Å². The Labute approximate surface area is 105 Å². The van der Waals surface area contributed by atoms with Crippen LogP contribution in [-0.4, -0.2) is 41.1 Å². The maximum Gasteiger partial charge on any atom is 0.346 e. The maximum atomic E-state index is 13.0. The molecule has 2 unspecified atom stereocenters. The van der Waals surface area contributed by atoms with Crippen molar-refractivity contribution in [2.45, 2.75) is 58.5 Å². The minimum absolute atomic E-state index is 0.487. The molecule has 17 heavy (non-hydrogen) atoms. The van der Waals surface area contributed by atoms with E-state index in [2.05, 4.69) is 30.1 Å². The molecule has 0 amide bonds. The number of nitrogens with zero attached hydrogens (tertiary/aromatic N) is 2. The van der Waals surface area contributed by atoms with Gasteiger partial charge in [0.1, 0.15) is 0 Å². The van der Waals surface area contributed by atoms with Crippen LogP contribution < -0.4 is 0 Å². The van der Waals surface area contributed by atoms with Gasteiger partial charge in [0, 0.05) is 25.2 Å². The molecular weight excluding hydrogens is 235 g/mol. The fraction of sp³-hybridized carbons (Fsp3) is 1.00. The molecule has 0 aromatic carbocycles. The Morgan fingerprint density at radius 1 is 1.12 bits per heavy atom. The Hall–Kier alpha value is 0.110. The van der Waals surface area contributed by atoms with Crippen LogP contribution in [0, 0.1) is 0 Å². The van der Waals surface area contributed by atoms with E-state index in [1.54, 1.807) is 0 Å². The summed E-state index contributed by atoms with van der Waals surface area (Å²) >= 11 is 0. The summed E-state index contributed by atoms with van der Waals surface area (Å²) in [7, 11) is -2.65. The summed E-state index contributed by atoms with van der Waals surface area (Å²) in [6.45, 7) is 8.97. The molecule has 2 fully saturated rings. The van der Waals surface area contributed by atoms with Gasteiger partial charge in [-0.25, -0.2) is 9.34 Å². The van der Waals surface area contributed by atoms with E-state index in [1.807, 2.05) is 0 Å². The number of unbranched alkanes of at least 4 members (excludes halogenated alkanes) is 1. The van der Waals surface area contributed by atoms with Crippen LogP contribution in [0.3, 0.4) is 0 Å². The van der Waals surface area contributed by atoms with Gasteiger partial charge in [-0.1, -0.05) is 27.2 Å². The number of hydrogen-bond acceptors (Lipinski definition) is 2. The molecule has 0 spiro atoms. The monoisotopic (exact) mass is 260 g/mol. The number of hydrogen-bond donors (Lipinski definition) is 0. The SMILES string of the molecule is CCCCOP(=O)(N1C[C@H]1CC)N1C[C@H]1CC. The zero-order valence-corrected chi connectivity index (χ0v) is 12.2. The van der Waals surface area contributed by atoms with E-state index in [9.17, 15) is 4.57 Å². The van der Waals surface area contributed by atoms with E-state index in [0.29, 0.717) is 18.7 Å². The Morgan fingerprint density at radius 3 is 2.00 bits per heavy atom. The fourth-order valence-electron chi connectivity index (χ4n) is 2.26. The molecule has 2 rings (SSSR count). The summed E-state index contributed by atoms with van der Waals surface area (Å²) in [5.41, 5.74) is 0. The first-order chi connectivity index (χ1) is 8.17. The fourth-order valence-corrected chi connectivity index (χ4v) is 5.16. The van der Waals surface area contributed by atoms with Crippen LogP contribution in [0.4, 0.5) is 0 Å². The summed E-state index contributed by atoms with van der Waals surface area (Å²) in [4.78, 5) is 0. The molecule has 0 radical (unpaired) electrons. The van der Waals surface area contributed by atoms with Crippen molar-refractivity contribution in [1.82, 2.24) is 9.34 Å². The van der Waals surface area contributed by atoms with E-state index < -0.39 is 7.67 Å². The third kappa shape index (κ3) is 2.76. The molecule has 2 saturated heterocycles. The minimum Gasteiger partial charge on any atom is -0.306 e. The first-order valence-corrected chi connectivity index (χ1v) is 8.49. The highest BCUT2D eigenvalue weighted by Crippen LogP contribution is 2.65. The van der Waals surface area contributed by atoms with Crippen molar-refractivity contribution in [3.05, 3.63) is 0 Å². The van der Waals surface area contributed by atoms with E-state index >= 15 is 0 Å². The van der Waals surface area contributed by atoms with Crippen LogP contribution in [0.5, 0.6) is 0 Å². The van der Waals surface area contributed by atoms with Gasteiger partial charge in [0.2, 0.25) is 0 Å². The Kier molecular flexibility index (Phi) is 4.30. The van der Waals surface area contributed by atoms with Crippen LogP contribution >= 0.6 is 7.67 Å². The topological polar surface area (TPSA) is 32.3 Å². The lowest BCUT2D eigenvalue weighted by atomic mass is 10.4. The quantitative estimate of drug-likeness (QED) is 0.381. The molecule has 2 heterocycles. The highest BCUT2D eigenvalue weighted by molar-refractivity contribution is 7.54. The van der Waals surface area contributed by atoms with Gasteiger partial charge in [-0.2, -0.15) is 0 Å². The molecule has 0 bridgehead atoms.